The van der Waals surface area contributed by atoms with Crippen LogP contribution in [0, 0.1) is 5.82 Å². The molecule has 1 heterocycles. The Hall–Kier alpha value is -2.37. The van der Waals surface area contributed by atoms with Gasteiger partial charge in [-0.15, -0.1) is 0 Å². The lowest BCUT2D eigenvalue weighted by Crippen LogP contribution is -2.27. The van der Waals surface area contributed by atoms with Crippen molar-refractivity contribution in [3.63, 3.8) is 0 Å². The number of amides is 1. The van der Waals surface area contributed by atoms with Crippen molar-refractivity contribution < 1.29 is 9.18 Å². The van der Waals surface area contributed by atoms with E-state index < -0.39 is 5.82 Å². The van der Waals surface area contributed by atoms with E-state index in [1.165, 1.54) is 12.1 Å². The number of anilines is 1. The predicted octanol–water partition coefficient (Wildman–Crippen LogP) is 1.03. The van der Waals surface area contributed by atoms with Gasteiger partial charge in [0.25, 0.3) is 5.91 Å². The van der Waals surface area contributed by atoms with E-state index in [1.54, 1.807) is 18.7 Å². The summed E-state index contributed by atoms with van der Waals surface area (Å²) in [6.45, 7) is 1.02. The van der Waals surface area contributed by atoms with Crippen molar-refractivity contribution >= 4 is 11.6 Å². The number of benzene rings is 1. The third-order valence-corrected chi connectivity index (χ3v) is 2.47. The second-order valence-electron chi connectivity index (χ2n) is 3.79. The number of nitrogens with two attached hydrogens (primary N) is 1. The Kier molecular flexibility index (Phi) is 3.57. The molecule has 0 unspecified atom stereocenters. The van der Waals surface area contributed by atoms with Crippen molar-refractivity contribution in [2.45, 2.75) is 6.54 Å². The maximum absolute atomic E-state index is 13.0. The molecule has 0 fully saturated rings. The van der Waals surface area contributed by atoms with Crippen molar-refractivity contribution in [2.24, 2.45) is 0 Å². The highest BCUT2D eigenvalue weighted by Crippen LogP contribution is 2.12. The summed E-state index contributed by atoms with van der Waals surface area (Å²) in [7, 11) is 0. The van der Waals surface area contributed by atoms with Crippen LogP contribution < -0.4 is 11.1 Å². The summed E-state index contributed by atoms with van der Waals surface area (Å²) in [5.74, 6) is -0.865. The first-order valence-electron chi connectivity index (χ1n) is 5.46. The number of carbonyl (C=O) groups is 1. The number of imidazole rings is 1. The SMILES string of the molecule is Nc1ccc(F)cc1C(=O)NCCn1ccnc1. The minimum atomic E-state index is -0.482. The smallest absolute Gasteiger partial charge is 0.253 e. The molecule has 0 aliphatic carbocycles. The third-order valence-electron chi connectivity index (χ3n) is 2.47. The van der Waals surface area contributed by atoms with Gasteiger partial charge in [0.15, 0.2) is 0 Å². The highest BCUT2D eigenvalue weighted by Gasteiger charge is 2.09. The van der Waals surface area contributed by atoms with E-state index in [9.17, 15) is 9.18 Å². The minimum absolute atomic E-state index is 0.153. The van der Waals surface area contributed by atoms with E-state index in [4.69, 9.17) is 5.73 Å². The zero-order valence-corrected chi connectivity index (χ0v) is 9.64. The number of nitrogen functional groups attached to an aromatic ring is 1. The van der Waals surface area contributed by atoms with Gasteiger partial charge in [0.1, 0.15) is 5.82 Å². The van der Waals surface area contributed by atoms with E-state index >= 15 is 0 Å². The molecule has 0 aliphatic heterocycles. The number of halogens is 1. The molecule has 2 aromatic rings. The Morgan fingerprint density at radius 1 is 1.50 bits per heavy atom. The average Bonchev–Trinajstić information content (AvgIpc) is 2.85. The number of hydrogen-bond acceptors (Lipinski definition) is 3. The molecule has 0 saturated heterocycles. The van der Waals surface area contributed by atoms with E-state index in [2.05, 4.69) is 10.3 Å². The highest BCUT2D eigenvalue weighted by molar-refractivity contribution is 5.99. The normalized spacial score (nSPS) is 10.3. The fraction of sp³-hybridized carbons (Fsp3) is 0.167. The lowest BCUT2D eigenvalue weighted by Gasteiger charge is -2.08. The highest BCUT2D eigenvalue weighted by atomic mass is 19.1. The van der Waals surface area contributed by atoms with E-state index in [0.717, 1.165) is 6.07 Å². The van der Waals surface area contributed by atoms with Gasteiger partial charge in [-0.25, -0.2) is 9.37 Å². The van der Waals surface area contributed by atoms with Crippen LogP contribution in [0.5, 0.6) is 0 Å². The minimum Gasteiger partial charge on any atom is -0.398 e. The standard InChI is InChI=1S/C12H13FN4O/c13-9-1-2-11(14)10(7-9)12(18)16-4-6-17-5-3-15-8-17/h1-3,5,7-8H,4,6,14H2,(H,16,18). The van der Waals surface area contributed by atoms with Crippen LogP contribution in [0.1, 0.15) is 10.4 Å². The molecule has 5 nitrogen and oxygen atoms in total. The second-order valence-corrected chi connectivity index (χ2v) is 3.79. The predicted molar refractivity (Wildman–Crippen MR) is 65.4 cm³/mol. The number of nitrogens with one attached hydrogen (secondary N) is 1. The van der Waals surface area contributed by atoms with Gasteiger partial charge in [0.05, 0.1) is 11.9 Å². The number of hydrogen-bond donors (Lipinski definition) is 2. The summed E-state index contributed by atoms with van der Waals surface area (Å²) in [5, 5.41) is 2.67. The largest absolute Gasteiger partial charge is 0.398 e. The zero-order valence-electron chi connectivity index (χ0n) is 9.64. The van der Waals surface area contributed by atoms with Gasteiger partial charge < -0.3 is 15.6 Å². The van der Waals surface area contributed by atoms with Crippen LogP contribution in [0.4, 0.5) is 10.1 Å². The Labute approximate surface area is 103 Å². The average molecular weight is 248 g/mol. The maximum Gasteiger partial charge on any atom is 0.253 e. The lowest BCUT2D eigenvalue weighted by molar-refractivity contribution is 0.0952. The number of nitrogens with zero attached hydrogens (tertiary/aromatic N) is 2. The van der Waals surface area contributed by atoms with Gasteiger partial charge in [-0.2, -0.15) is 0 Å². The molecule has 6 heteroatoms. The Balaban J connectivity index is 1.93. The number of aromatic nitrogens is 2. The molecule has 0 saturated carbocycles. The van der Waals surface area contributed by atoms with Gasteiger partial charge in [-0.05, 0) is 18.2 Å². The molecule has 18 heavy (non-hydrogen) atoms. The Morgan fingerprint density at radius 2 is 2.33 bits per heavy atom. The summed E-state index contributed by atoms with van der Waals surface area (Å²) in [4.78, 5) is 15.6. The summed E-state index contributed by atoms with van der Waals surface area (Å²) in [5.41, 5.74) is 6.03. The summed E-state index contributed by atoms with van der Waals surface area (Å²) < 4.78 is 14.8. The first kappa shape index (κ1) is 12.1. The number of carbonyl (C=O) groups excluding carboxylic acids is 1. The molecule has 2 rings (SSSR count). The van der Waals surface area contributed by atoms with Crippen LogP contribution in [0.3, 0.4) is 0 Å². The van der Waals surface area contributed by atoms with Crippen LogP contribution >= 0.6 is 0 Å². The van der Waals surface area contributed by atoms with Crippen molar-refractivity contribution in [3.05, 3.63) is 48.3 Å². The van der Waals surface area contributed by atoms with Crippen molar-refractivity contribution in [1.82, 2.24) is 14.9 Å². The molecule has 3 N–H and O–H groups in total. The third kappa shape index (κ3) is 2.85. The van der Waals surface area contributed by atoms with Gasteiger partial charge in [0, 0.05) is 31.2 Å². The number of rotatable bonds is 4. The summed E-state index contributed by atoms with van der Waals surface area (Å²) in [6.07, 6.45) is 5.11. The fourth-order valence-corrected chi connectivity index (χ4v) is 1.54. The van der Waals surface area contributed by atoms with Crippen molar-refractivity contribution in [2.75, 3.05) is 12.3 Å². The van der Waals surface area contributed by atoms with E-state index in [0.29, 0.717) is 13.1 Å². The van der Waals surface area contributed by atoms with E-state index in [-0.39, 0.29) is 17.2 Å². The molecule has 0 atom stereocenters. The maximum atomic E-state index is 13.0. The fourth-order valence-electron chi connectivity index (χ4n) is 1.54. The van der Waals surface area contributed by atoms with E-state index in [1.807, 2.05) is 4.57 Å². The molecular formula is C12H13FN4O. The van der Waals surface area contributed by atoms with Crippen LogP contribution in [0.15, 0.2) is 36.9 Å². The van der Waals surface area contributed by atoms with Gasteiger partial charge in [0.2, 0.25) is 0 Å². The first-order valence-corrected chi connectivity index (χ1v) is 5.46. The van der Waals surface area contributed by atoms with Gasteiger partial charge in [-0.3, -0.25) is 4.79 Å². The van der Waals surface area contributed by atoms with Crippen LogP contribution in [0.25, 0.3) is 0 Å². The molecular weight excluding hydrogens is 235 g/mol. The molecule has 1 amide bonds. The Bertz CT molecular complexity index is 539. The molecule has 94 valence electrons. The molecule has 0 aliphatic rings. The van der Waals surface area contributed by atoms with Crippen LogP contribution in [-0.4, -0.2) is 22.0 Å². The van der Waals surface area contributed by atoms with Crippen molar-refractivity contribution in [1.29, 1.82) is 0 Å². The van der Waals surface area contributed by atoms with Crippen LogP contribution in [-0.2, 0) is 6.54 Å². The quantitative estimate of drug-likeness (QED) is 0.794. The van der Waals surface area contributed by atoms with Crippen molar-refractivity contribution in [3.8, 4) is 0 Å². The van der Waals surface area contributed by atoms with Gasteiger partial charge >= 0.3 is 0 Å². The zero-order chi connectivity index (χ0) is 13.0. The topological polar surface area (TPSA) is 72.9 Å². The molecule has 0 bridgehead atoms. The molecule has 1 aromatic carbocycles. The summed E-state index contributed by atoms with van der Waals surface area (Å²) in [6, 6.07) is 3.72. The monoisotopic (exact) mass is 248 g/mol. The molecule has 0 spiro atoms. The second kappa shape index (κ2) is 5.31. The molecule has 1 aromatic heterocycles. The Morgan fingerprint density at radius 3 is 3.06 bits per heavy atom. The molecule has 0 radical (unpaired) electrons. The summed E-state index contributed by atoms with van der Waals surface area (Å²) >= 11 is 0. The van der Waals surface area contributed by atoms with Crippen LogP contribution in [0.2, 0.25) is 0 Å². The lowest BCUT2D eigenvalue weighted by atomic mass is 10.1. The van der Waals surface area contributed by atoms with Gasteiger partial charge in [-0.1, -0.05) is 0 Å². The first-order chi connectivity index (χ1) is 8.66.